The van der Waals surface area contributed by atoms with Gasteiger partial charge in [0.25, 0.3) is 10.0 Å². The van der Waals surface area contributed by atoms with Crippen molar-refractivity contribution in [1.82, 2.24) is 0 Å². The maximum Gasteiger partial charge on any atom is 0.266 e. The average Bonchev–Trinajstić information content (AvgIpc) is 2.76. The Morgan fingerprint density at radius 1 is 1.30 bits per heavy atom. The van der Waals surface area contributed by atoms with E-state index in [0.717, 1.165) is 18.2 Å². The lowest BCUT2D eigenvalue weighted by Crippen LogP contribution is -2.14. The van der Waals surface area contributed by atoms with Crippen molar-refractivity contribution < 1.29 is 26.7 Å². The van der Waals surface area contributed by atoms with Crippen LogP contribution in [0.5, 0.6) is 0 Å². The number of furan rings is 1. The molecule has 0 fully saturated rings. The van der Waals surface area contributed by atoms with Gasteiger partial charge in [-0.2, -0.15) is 0 Å². The van der Waals surface area contributed by atoms with Crippen LogP contribution in [0.3, 0.4) is 0 Å². The lowest BCUT2D eigenvalue weighted by atomic mass is 10.3. The molecule has 0 amide bonds. The topological polar surface area (TPSA) is 79.5 Å². The predicted molar refractivity (Wildman–Crippen MR) is 69.5 cm³/mol. The Morgan fingerprint density at radius 2 is 2.00 bits per heavy atom. The molecule has 0 aliphatic carbocycles. The highest BCUT2D eigenvalue weighted by molar-refractivity contribution is 9.10. The van der Waals surface area contributed by atoms with Crippen molar-refractivity contribution in [1.29, 1.82) is 0 Å². The molecule has 0 atom stereocenters. The quantitative estimate of drug-likeness (QED) is 0.870. The van der Waals surface area contributed by atoms with E-state index in [9.17, 15) is 17.2 Å². The van der Waals surface area contributed by atoms with Crippen molar-refractivity contribution in [2.24, 2.45) is 0 Å². The van der Waals surface area contributed by atoms with Crippen molar-refractivity contribution in [2.75, 3.05) is 4.72 Å². The van der Waals surface area contributed by atoms with Gasteiger partial charge in [-0.3, -0.25) is 4.72 Å². The van der Waals surface area contributed by atoms with Crippen molar-refractivity contribution in [3.05, 3.63) is 46.3 Å². The van der Waals surface area contributed by atoms with Gasteiger partial charge in [-0.25, -0.2) is 17.2 Å². The molecule has 2 aromatic rings. The van der Waals surface area contributed by atoms with Crippen LogP contribution >= 0.6 is 15.9 Å². The Kier molecular flexibility index (Phi) is 4.11. The SMILES string of the molecule is O=S(=O)(Nc1cc(F)ccc1F)c1cc(CO)oc1Br. The Labute approximate surface area is 121 Å². The summed E-state index contributed by atoms with van der Waals surface area (Å²) in [6.07, 6.45) is 0. The summed E-state index contributed by atoms with van der Waals surface area (Å²) in [6, 6.07) is 3.46. The van der Waals surface area contributed by atoms with Gasteiger partial charge in [0.2, 0.25) is 0 Å². The zero-order valence-electron chi connectivity index (χ0n) is 9.73. The number of hydrogen-bond acceptors (Lipinski definition) is 4. The first-order valence-corrected chi connectivity index (χ1v) is 7.48. The molecule has 2 N–H and O–H groups in total. The van der Waals surface area contributed by atoms with Crippen molar-refractivity contribution >= 4 is 31.6 Å². The van der Waals surface area contributed by atoms with Gasteiger partial charge in [0, 0.05) is 12.1 Å². The molecule has 0 spiro atoms. The number of rotatable bonds is 4. The minimum Gasteiger partial charge on any atom is -0.450 e. The van der Waals surface area contributed by atoms with E-state index in [0.29, 0.717) is 6.07 Å². The molecule has 1 aromatic heterocycles. The van der Waals surface area contributed by atoms with Gasteiger partial charge in [0.05, 0.1) is 5.69 Å². The first-order chi connectivity index (χ1) is 9.33. The highest BCUT2D eigenvalue weighted by Crippen LogP contribution is 2.28. The number of halogens is 3. The fourth-order valence-electron chi connectivity index (χ4n) is 1.43. The molecule has 5 nitrogen and oxygen atoms in total. The van der Waals surface area contributed by atoms with Crippen molar-refractivity contribution in [3.63, 3.8) is 0 Å². The second kappa shape index (κ2) is 5.51. The van der Waals surface area contributed by atoms with Crippen molar-refractivity contribution in [3.8, 4) is 0 Å². The van der Waals surface area contributed by atoms with Crippen LogP contribution < -0.4 is 4.72 Å². The summed E-state index contributed by atoms with van der Waals surface area (Å²) in [5.41, 5.74) is -0.524. The smallest absolute Gasteiger partial charge is 0.266 e. The largest absolute Gasteiger partial charge is 0.450 e. The Morgan fingerprint density at radius 3 is 2.60 bits per heavy atom. The third-order valence-corrected chi connectivity index (χ3v) is 4.55. The van der Waals surface area contributed by atoms with Crippen LogP contribution in [0.25, 0.3) is 0 Å². The van der Waals surface area contributed by atoms with Gasteiger partial charge in [0.15, 0.2) is 4.67 Å². The molecule has 0 unspecified atom stereocenters. The van der Waals surface area contributed by atoms with Crippen LogP contribution in [0.4, 0.5) is 14.5 Å². The first-order valence-electron chi connectivity index (χ1n) is 5.20. The van der Waals surface area contributed by atoms with Gasteiger partial charge < -0.3 is 9.52 Å². The third-order valence-electron chi connectivity index (χ3n) is 2.32. The molecule has 0 radical (unpaired) electrons. The lowest BCUT2D eigenvalue weighted by Gasteiger charge is -2.07. The summed E-state index contributed by atoms with van der Waals surface area (Å²) in [5.74, 6) is -1.69. The van der Waals surface area contributed by atoms with Crippen molar-refractivity contribution in [2.45, 2.75) is 11.5 Å². The Hall–Kier alpha value is -1.45. The van der Waals surface area contributed by atoms with Crippen LogP contribution in [-0.2, 0) is 16.6 Å². The highest BCUT2D eigenvalue weighted by Gasteiger charge is 2.23. The molecule has 20 heavy (non-hydrogen) atoms. The van der Waals surface area contributed by atoms with E-state index in [4.69, 9.17) is 9.52 Å². The van der Waals surface area contributed by atoms with Gasteiger partial charge in [0.1, 0.15) is 28.9 Å². The van der Waals surface area contributed by atoms with Crippen LogP contribution in [0.15, 0.2) is 38.2 Å². The number of anilines is 1. The molecule has 0 bridgehead atoms. The van der Waals surface area contributed by atoms with E-state index in [-0.39, 0.29) is 15.3 Å². The number of aliphatic hydroxyl groups is 1. The molecule has 108 valence electrons. The van der Waals surface area contributed by atoms with E-state index < -0.39 is 34.0 Å². The number of sulfonamides is 1. The third kappa shape index (κ3) is 3.00. The molecule has 2 rings (SSSR count). The van der Waals surface area contributed by atoms with E-state index >= 15 is 0 Å². The van der Waals surface area contributed by atoms with E-state index in [1.807, 2.05) is 4.72 Å². The molecular weight excluding hydrogens is 360 g/mol. The normalized spacial score (nSPS) is 11.6. The molecule has 0 aliphatic heterocycles. The van der Waals surface area contributed by atoms with Gasteiger partial charge in [-0.05, 0) is 28.1 Å². The van der Waals surface area contributed by atoms with Gasteiger partial charge in [-0.1, -0.05) is 0 Å². The molecule has 0 saturated heterocycles. The second-order valence-corrected chi connectivity index (χ2v) is 6.11. The number of nitrogens with one attached hydrogen (secondary N) is 1. The number of benzene rings is 1. The fourth-order valence-corrected chi connectivity index (χ4v) is 3.49. The standard InChI is InChI=1S/C11H8BrF2NO4S/c12-11-10(4-7(5-16)19-11)20(17,18)15-9-3-6(13)1-2-8(9)14/h1-4,15-16H,5H2. The summed E-state index contributed by atoms with van der Waals surface area (Å²) in [5, 5.41) is 8.87. The summed E-state index contributed by atoms with van der Waals surface area (Å²) in [7, 11) is -4.18. The lowest BCUT2D eigenvalue weighted by molar-refractivity contribution is 0.245. The Bertz CT molecular complexity index is 745. The molecule has 1 heterocycles. The summed E-state index contributed by atoms with van der Waals surface area (Å²) < 4.78 is 57.2. The fraction of sp³-hybridized carbons (Fsp3) is 0.0909. The summed E-state index contributed by atoms with van der Waals surface area (Å²) in [6.45, 7) is -0.498. The summed E-state index contributed by atoms with van der Waals surface area (Å²) >= 11 is 2.88. The zero-order chi connectivity index (χ0) is 14.9. The molecule has 9 heteroatoms. The van der Waals surface area contributed by atoms with Gasteiger partial charge >= 0.3 is 0 Å². The predicted octanol–water partition coefficient (Wildman–Crippen LogP) is 2.61. The van der Waals surface area contributed by atoms with Crippen LogP contribution in [-0.4, -0.2) is 13.5 Å². The average molecular weight is 368 g/mol. The first kappa shape index (κ1) is 14.9. The molecule has 0 saturated carbocycles. The minimum atomic E-state index is -4.18. The van der Waals surface area contributed by atoms with Crippen LogP contribution in [0.2, 0.25) is 0 Å². The zero-order valence-corrected chi connectivity index (χ0v) is 12.1. The summed E-state index contributed by atoms with van der Waals surface area (Å²) in [4.78, 5) is -0.329. The highest BCUT2D eigenvalue weighted by atomic mass is 79.9. The number of hydrogen-bond donors (Lipinski definition) is 2. The Balaban J connectivity index is 2.40. The number of aliphatic hydroxyl groups excluding tert-OH is 1. The maximum atomic E-state index is 13.4. The van der Waals surface area contributed by atoms with E-state index in [1.54, 1.807) is 0 Å². The van der Waals surface area contributed by atoms with Gasteiger partial charge in [-0.15, -0.1) is 0 Å². The monoisotopic (exact) mass is 367 g/mol. The molecular formula is C11H8BrF2NO4S. The minimum absolute atomic E-state index is 0.0111. The van der Waals surface area contributed by atoms with E-state index in [2.05, 4.69) is 15.9 Å². The van der Waals surface area contributed by atoms with Crippen LogP contribution in [0.1, 0.15) is 5.76 Å². The van der Waals surface area contributed by atoms with Crippen LogP contribution in [0, 0.1) is 11.6 Å². The molecule has 1 aromatic carbocycles. The molecule has 0 aliphatic rings. The maximum absolute atomic E-state index is 13.4. The second-order valence-electron chi connectivity index (χ2n) is 3.74. The van der Waals surface area contributed by atoms with E-state index in [1.165, 1.54) is 0 Å².